The van der Waals surface area contributed by atoms with Crippen molar-refractivity contribution in [2.45, 2.75) is 0 Å². The molecule has 3 nitrogen and oxygen atoms in total. The van der Waals surface area contributed by atoms with Gasteiger partial charge in [-0.2, -0.15) is 0 Å². The van der Waals surface area contributed by atoms with Gasteiger partial charge in [0.1, 0.15) is 0 Å². The predicted molar refractivity (Wildman–Crippen MR) is 11.9 cm³/mol. The number of amides is 1. The summed E-state index contributed by atoms with van der Waals surface area (Å²) in [5, 5.41) is 1.81. The maximum atomic E-state index is 8.69. The van der Waals surface area contributed by atoms with Crippen LogP contribution in [0.3, 0.4) is 0 Å². The Hall–Kier alpha value is -0.224. The molecule has 0 heterocycles. The summed E-state index contributed by atoms with van der Waals surface area (Å²) in [7, 11) is 0. The standard InChI is InChI=1S/CHNO2.Co/c3-1-2-4;/h1H;. The topological polar surface area (TPSA) is 46.5 Å². The maximum Gasteiger partial charge on any atom is 0.274 e. The van der Waals surface area contributed by atoms with Crippen LogP contribution in [0.2, 0.25) is 0 Å². The van der Waals surface area contributed by atoms with Gasteiger partial charge >= 0.3 is 0 Å². The van der Waals surface area contributed by atoms with E-state index in [0.717, 1.165) is 0 Å². The molecule has 0 N–H and O–H groups in total. The van der Waals surface area contributed by atoms with Crippen LogP contribution in [0.25, 0.3) is 0 Å². The van der Waals surface area contributed by atoms with E-state index in [-0.39, 0.29) is 23.2 Å². The smallest absolute Gasteiger partial charge is 0.273 e. The summed E-state index contributed by atoms with van der Waals surface area (Å²) in [5.74, 6) is 0. The third-order valence-electron chi connectivity index (χ3n) is 0.0430. The summed E-state index contributed by atoms with van der Waals surface area (Å²) in [5.41, 5.74) is 0. The molecule has 0 atom stereocenters. The van der Waals surface area contributed by atoms with Gasteiger partial charge in [-0.05, 0) is 0 Å². The van der Waals surface area contributed by atoms with Gasteiger partial charge in [-0.25, -0.2) is 0 Å². The summed E-state index contributed by atoms with van der Waals surface area (Å²) >= 11 is 0. The van der Waals surface area contributed by atoms with E-state index in [1.54, 1.807) is 5.18 Å². The second kappa shape index (κ2) is 9.22. The van der Waals surface area contributed by atoms with Crippen molar-refractivity contribution in [3.05, 3.63) is 4.91 Å². The third kappa shape index (κ3) is 19.8. The number of hydrogen-bond acceptors (Lipinski definition) is 2. The molecule has 1 amide bonds. The Balaban J connectivity index is 0. The van der Waals surface area contributed by atoms with Crippen LogP contribution in [0.15, 0.2) is 5.18 Å². The van der Waals surface area contributed by atoms with E-state index in [0.29, 0.717) is 0 Å². The predicted octanol–water partition coefficient (Wildman–Crippen LogP) is -0.0933. The van der Waals surface area contributed by atoms with Crippen LogP contribution in [0.4, 0.5) is 0 Å². The van der Waals surface area contributed by atoms with Crippen molar-refractivity contribution in [1.82, 2.24) is 0 Å². The van der Waals surface area contributed by atoms with Crippen LogP contribution in [-0.4, -0.2) is 6.41 Å². The van der Waals surface area contributed by atoms with Crippen molar-refractivity contribution in [3.63, 3.8) is 0 Å². The van der Waals surface area contributed by atoms with E-state index in [9.17, 15) is 0 Å². The quantitative estimate of drug-likeness (QED) is 0.356. The van der Waals surface area contributed by atoms with Gasteiger partial charge in [0.2, 0.25) is 0 Å². The average molecular weight is 118 g/mol. The summed E-state index contributed by atoms with van der Waals surface area (Å²) in [6.07, 6.45) is -0.0556. The van der Waals surface area contributed by atoms with Crippen molar-refractivity contribution in [3.8, 4) is 0 Å². The molecule has 0 saturated carbocycles. The summed E-state index contributed by atoms with van der Waals surface area (Å²) in [6, 6.07) is 0. The van der Waals surface area contributed by atoms with Crippen LogP contribution in [0, 0.1) is 4.91 Å². The van der Waals surface area contributed by atoms with E-state index in [1.807, 2.05) is 0 Å². The molecule has 0 rings (SSSR count). The Bertz CT molecular complexity index is 30.6. The third-order valence-corrected chi connectivity index (χ3v) is 0.0430. The molecule has 31 valence electrons. The molecular weight excluding hydrogens is 117 g/mol. The molecule has 0 fully saturated rings. The van der Waals surface area contributed by atoms with Crippen molar-refractivity contribution in [2.75, 3.05) is 0 Å². The molecule has 0 aromatic carbocycles. The van der Waals surface area contributed by atoms with E-state index in [1.165, 1.54) is 0 Å². The summed E-state index contributed by atoms with van der Waals surface area (Å²) in [6.45, 7) is 0. The first-order valence-corrected chi connectivity index (χ1v) is 0.676. The van der Waals surface area contributed by atoms with Gasteiger partial charge in [-0.1, -0.05) is 0 Å². The van der Waals surface area contributed by atoms with Gasteiger partial charge < -0.3 is 0 Å². The van der Waals surface area contributed by atoms with Crippen molar-refractivity contribution in [1.29, 1.82) is 0 Å². The number of nitroso groups, excluding NO2 is 1. The van der Waals surface area contributed by atoms with E-state index >= 15 is 0 Å². The second-order valence-corrected chi connectivity index (χ2v) is 0.211. The largest absolute Gasteiger partial charge is 0.274 e. The Morgan fingerprint density at radius 3 is 1.80 bits per heavy atom. The molecule has 0 aliphatic heterocycles. The fourth-order valence-electron chi connectivity index (χ4n) is 0. The maximum absolute atomic E-state index is 8.69. The summed E-state index contributed by atoms with van der Waals surface area (Å²) in [4.78, 5) is 17.2. The summed E-state index contributed by atoms with van der Waals surface area (Å²) < 4.78 is 0. The van der Waals surface area contributed by atoms with Gasteiger partial charge in [0.05, 0.1) is 0 Å². The van der Waals surface area contributed by atoms with Gasteiger partial charge in [-0.3, -0.25) is 4.79 Å². The number of hydrogen-bond donors (Lipinski definition) is 0. The van der Waals surface area contributed by atoms with Crippen LogP contribution in [-0.2, 0) is 21.6 Å². The zero-order chi connectivity index (χ0) is 3.41. The van der Waals surface area contributed by atoms with E-state index in [2.05, 4.69) is 0 Å². The number of nitrogens with zero attached hydrogens (tertiary/aromatic N) is 1. The van der Waals surface area contributed by atoms with Gasteiger partial charge in [0.25, 0.3) is 6.41 Å². The van der Waals surface area contributed by atoms with Gasteiger partial charge in [0.15, 0.2) is 0 Å². The molecule has 0 aromatic heterocycles. The first kappa shape index (κ1) is 8.84. The zero-order valence-electron chi connectivity index (χ0n) is 2.17. The Morgan fingerprint density at radius 2 is 1.80 bits per heavy atom. The number of carbonyl (C=O) groups is 1. The van der Waals surface area contributed by atoms with E-state index < -0.39 is 0 Å². The first-order chi connectivity index (χ1) is 1.91. The van der Waals surface area contributed by atoms with Crippen LogP contribution in [0.5, 0.6) is 0 Å². The number of rotatable bonds is 1. The Labute approximate surface area is 38.9 Å². The Morgan fingerprint density at radius 1 is 1.60 bits per heavy atom. The van der Waals surface area contributed by atoms with Crippen LogP contribution >= 0.6 is 0 Å². The monoisotopic (exact) mass is 118 g/mol. The molecular formula is CHCoNO2. The molecule has 0 aromatic rings. The molecule has 5 heavy (non-hydrogen) atoms. The first-order valence-electron chi connectivity index (χ1n) is 0.676. The minimum Gasteiger partial charge on any atom is -0.273 e. The van der Waals surface area contributed by atoms with E-state index in [4.69, 9.17) is 9.70 Å². The Kier molecular flexibility index (Phi) is 16.3. The number of carbonyl (C=O) groups excluding carboxylic acids is 1. The van der Waals surface area contributed by atoms with Crippen LogP contribution < -0.4 is 0 Å². The normalized spacial score (nSPS) is 4.00. The fraction of sp³-hybridized carbons (Fsp3) is 0. The molecule has 1 radical (unpaired) electrons. The molecule has 0 aliphatic carbocycles. The molecule has 4 heteroatoms. The molecule has 0 unspecified atom stereocenters. The molecule has 0 saturated heterocycles. The van der Waals surface area contributed by atoms with Crippen LogP contribution in [0.1, 0.15) is 0 Å². The van der Waals surface area contributed by atoms with Gasteiger partial charge in [-0.15, -0.1) is 4.91 Å². The van der Waals surface area contributed by atoms with Gasteiger partial charge in [0, 0.05) is 22.0 Å². The molecule has 0 spiro atoms. The molecule has 0 aliphatic rings. The second-order valence-electron chi connectivity index (χ2n) is 0.211. The van der Waals surface area contributed by atoms with Crippen molar-refractivity contribution in [2.24, 2.45) is 5.18 Å². The zero-order valence-corrected chi connectivity index (χ0v) is 3.22. The fourth-order valence-corrected chi connectivity index (χ4v) is 0. The minimum atomic E-state index is -0.0556. The van der Waals surface area contributed by atoms with Crippen molar-refractivity contribution >= 4 is 6.41 Å². The SMILES string of the molecule is O=CN=O.[Co]. The minimum absolute atomic E-state index is 0. The van der Waals surface area contributed by atoms with Crippen molar-refractivity contribution < 1.29 is 21.6 Å². The molecule has 0 bridgehead atoms. The average Bonchev–Trinajstić information content (AvgIpc) is 1.37.